The van der Waals surface area contributed by atoms with E-state index in [1.807, 2.05) is 45.0 Å². The number of nitrogens with one attached hydrogen (secondary N) is 3. The van der Waals surface area contributed by atoms with E-state index in [1.54, 1.807) is 6.07 Å². The summed E-state index contributed by atoms with van der Waals surface area (Å²) in [4.78, 5) is 23.5. The molecule has 8 heteroatoms. The summed E-state index contributed by atoms with van der Waals surface area (Å²) in [6.07, 6.45) is 0. The third kappa shape index (κ3) is 6.23. The second-order valence-electron chi connectivity index (χ2n) is 7.03. The molecule has 0 aliphatic carbocycles. The van der Waals surface area contributed by atoms with Crippen LogP contribution in [-0.2, 0) is 10.3 Å². The molecule has 0 spiro atoms. The molecule has 2 aromatic carbocycles. The van der Waals surface area contributed by atoms with Gasteiger partial charge in [0, 0.05) is 5.69 Å². The summed E-state index contributed by atoms with van der Waals surface area (Å²) in [5.74, 6) is -0.459. The molecule has 154 valence electrons. The van der Waals surface area contributed by atoms with Gasteiger partial charge in [-0.1, -0.05) is 42.0 Å². The molecule has 0 unspecified atom stereocenters. The molecule has 3 amide bonds. The predicted octanol–water partition coefficient (Wildman–Crippen LogP) is 4.31. The van der Waals surface area contributed by atoms with Crippen molar-refractivity contribution in [3.05, 3.63) is 65.2 Å². The lowest BCUT2D eigenvalue weighted by molar-refractivity contribution is -0.131. The number of rotatable bonds is 7. The Hall–Kier alpha value is -3.03. The van der Waals surface area contributed by atoms with Crippen LogP contribution in [0, 0.1) is 0 Å². The van der Waals surface area contributed by atoms with Crippen molar-refractivity contribution in [2.75, 3.05) is 11.9 Å². The molecule has 0 aliphatic heterocycles. The zero-order valence-corrected chi connectivity index (χ0v) is 17.3. The van der Waals surface area contributed by atoms with Gasteiger partial charge in [-0.2, -0.15) is 0 Å². The van der Waals surface area contributed by atoms with E-state index in [9.17, 15) is 9.59 Å². The molecule has 0 aliphatic rings. The highest BCUT2D eigenvalue weighted by molar-refractivity contribution is 6.32. The van der Waals surface area contributed by atoms with Crippen LogP contribution in [0.1, 0.15) is 31.9 Å². The van der Waals surface area contributed by atoms with Crippen molar-refractivity contribution in [1.29, 1.82) is 0 Å². The van der Waals surface area contributed by atoms with Gasteiger partial charge in [-0.25, -0.2) is 10.3 Å². The number of carbonyl (C=O) groups is 2. The average Bonchev–Trinajstić information content (AvgIpc) is 2.66. The Bertz CT molecular complexity index is 928. The summed E-state index contributed by atoms with van der Waals surface area (Å²) in [7, 11) is 0. The molecule has 7 nitrogen and oxygen atoms in total. The number of carbonyl (C=O) groups excluding carboxylic acids is 2. The van der Waals surface area contributed by atoms with Crippen LogP contribution in [0.5, 0.6) is 5.75 Å². The fourth-order valence-corrected chi connectivity index (χ4v) is 2.80. The first kappa shape index (κ1) is 22.3. The Morgan fingerprint density at radius 1 is 1.21 bits per heavy atom. The summed E-state index contributed by atoms with van der Waals surface area (Å²) >= 11 is 6.12. The van der Waals surface area contributed by atoms with Gasteiger partial charge < -0.3 is 15.4 Å². The Balaban J connectivity index is 2.04. The molecule has 0 heterocycles. The van der Waals surface area contributed by atoms with Crippen molar-refractivity contribution in [1.82, 2.24) is 10.8 Å². The second-order valence-corrected chi connectivity index (χ2v) is 7.44. The summed E-state index contributed by atoms with van der Waals surface area (Å²) < 4.78 is 5.18. The van der Waals surface area contributed by atoms with Crippen LogP contribution in [0.15, 0.2) is 49.0 Å². The summed E-state index contributed by atoms with van der Waals surface area (Å²) in [6.45, 7) is 9.30. The number of halogens is 1. The zero-order valence-electron chi connectivity index (χ0n) is 16.5. The highest BCUT2D eigenvalue weighted by Gasteiger charge is 2.23. The molecule has 2 aromatic rings. The standard InChI is InChI=1S/C21H24ClN3O4/c1-13(2)14-6-5-7-15(10-14)21(3,4)24-20(27)23-16-8-9-18(17(22)11-16)29-12-19(26)25-28/h5-11,28H,1,12H2,2-4H3,(H,25,26)(H2,23,24,27). The first-order chi connectivity index (χ1) is 13.6. The van der Waals surface area contributed by atoms with E-state index in [0.29, 0.717) is 5.69 Å². The van der Waals surface area contributed by atoms with Gasteiger partial charge in [0.25, 0.3) is 5.91 Å². The number of anilines is 1. The van der Waals surface area contributed by atoms with E-state index in [0.717, 1.165) is 16.7 Å². The molecule has 29 heavy (non-hydrogen) atoms. The largest absolute Gasteiger partial charge is 0.482 e. The number of benzene rings is 2. The number of ether oxygens (including phenoxy) is 1. The molecule has 4 N–H and O–H groups in total. The van der Waals surface area contributed by atoms with E-state index >= 15 is 0 Å². The number of amides is 3. The Labute approximate surface area is 174 Å². The Morgan fingerprint density at radius 2 is 1.93 bits per heavy atom. The molecule has 2 rings (SSSR count). The van der Waals surface area contributed by atoms with Crippen LogP contribution in [0.3, 0.4) is 0 Å². The monoisotopic (exact) mass is 417 g/mol. The maximum absolute atomic E-state index is 12.5. The van der Waals surface area contributed by atoms with Gasteiger partial charge in [0.05, 0.1) is 10.6 Å². The molecular weight excluding hydrogens is 394 g/mol. The van der Waals surface area contributed by atoms with Crippen LogP contribution in [0.25, 0.3) is 5.57 Å². The number of hydrogen-bond acceptors (Lipinski definition) is 4. The first-order valence-corrected chi connectivity index (χ1v) is 9.21. The van der Waals surface area contributed by atoms with Gasteiger partial charge in [-0.3, -0.25) is 10.0 Å². The summed E-state index contributed by atoms with van der Waals surface area (Å²) in [6, 6.07) is 12.0. The lowest BCUT2D eigenvalue weighted by atomic mass is 9.92. The molecule has 0 bridgehead atoms. The van der Waals surface area contributed by atoms with Crippen molar-refractivity contribution in [2.24, 2.45) is 0 Å². The maximum Gasteiger partial charge on any atom is 0.319 e. The smallest absolute Gasteiger partial charge is 0.319 e. The molecule has 0 radical (unpaired) electrons. The fraction of sp³-hybridized carbons (Fsp3) is 0.238. The van der Waals surface area contributed by atoms with E-state index in [4.69, 9.17) is 21.5 Å². The average molecular weight is 418 g/mol. The number of hydrogen-bond donors (Lipinski definition) is 4. The lowest BCUT2D eigenvalue weighted by Gasteiger charge is -2.27. The highest BCUT2D eigenvalue weighted by atomic mass is 35.5. The second kappa shape index (κ2) is 9.45. The van der Waals surface area contributed by atoms with Crippen molar-refractivity contribution in [3.8, 4) is 5.75 Å². The molecule has 0 atom stereocenters. The first-order valence-electron chi connectivity index (χ1n) is 8.83. The van der Waals surface area contributed by atoms with Gasteiger partial charge >= 0.3 is 6.03 Å². The van der Waals surface area contributed by atoms with Crippen LogP contribution >= 0.6 is 11.6 Å². The zero-order chi connectivity index (χ0) is 21.6. The molecular formula is C21H24ClN3O4. The lowest BCUT2D eigenvalue weighted by Crippen LogP contribution is -2.43. The predicted molar refractivity (Wildman–Crippen MR) is 113 cm³/mol. The van der Waals surface area contributed by atoms with Gasteiger partial charge in [0.1, 0.15) is 5.75 Å². The van der Waals surface area contributed by atoms with Crippen LogP contribution in [-0.4, -0.2) is 23.8 Å². The van der Waals surface area contributed by atoms with E-state index in [-0.39, 0.29) is 17.4 Å². The minimum atomic E-state index is -0.708. The molecule has 0 saturated carbocycles. The van der Waals surface area contributed by atoms with E-state index in [1.165, 1.54) is 17.6 Å². The maximum atomic E-state index is 12.5. The van der Waals surface area contributed by atoms with Crippen molar-refractivity contribution in [2.45, 2.75) is 26.3 Å². The van der Waals surface area contributed by atoms with Crippen LogP contribution in [0.2, 0.25) is 5.02 Å². The SMILES string of the molecule is C=C(C)c1cccc(C(C)(C)NC(=O)Nc2ccc(OCC(=O)NO)c(Cl)c2)c1. The number of urea groups is 1. The third-order valence-electron chi connectivity index (χ3n) is 4.18. The van der Waals surface area contributed by atoms with Gasteiger partial charge in [0.2, 0.25) is 0 Å². The van der Waals surface area contributed by atoms with Crippen molar-refractivity contribution >= 4 is 34.8 Å². The van der Waals surface area contributed by atoms with E-state index in [2.05, 4.69) is 17.2 Å². The molecule has 0 aromatic heterocycles. The normalized spacial score (nSPS) is 10.8. The Morgan fingerprint density at radius 3 is 2.55 bits per heavy atom. The van der Waals surface area contributed by atoms with Gasteiger partial charge in [-0.05, 0) is 56.2 Å². The summed E-state index contributed by atoms with van der Waals surface area (Å²) in [5, 5.41) is 14.3. The Kier molecular flexibility index (Phi) is 7.25. The minimum Gasteiger partial charge on any atom is -0.482 e. The van der Waals surface area contributed by atoms with E-state index < -0.39 is 17.5 Å². The van der Waals surface area contributed by atoms with Gasteiger partial charge in [-0.15, -0.1) is 0 Å². The minimum absolute atomic E-state index is 0.210. The molecule has 0 fully saturated rings. The topological polar surface area (TPSA) is 99.7 Å². The van der Waals surface area contributed by atoms with Crippen molar-refractivity contribution < 1.29 is 19.5 Å². The van der Waals surface area contributed by atoms with Crippen molar-refractivity contribution in [3.63, 3.8) is 0 Å². The third-order valence-corrected chi connectivity index (χ3v) is 4.47. The number of allylic oxidation sites excluding steroid dienone is 1. The quantitative estimate of drug-likeness (QED) is 0.398. The fourth-order valence-electron chi connectivity index (χ4n) is 2.56. The van der Waals surface area contributed by atoms with Crippen LogP contribution < -0.4 is 20.9 Å². The van der Waals surface area contributed by atoms with Crippen LogP contribution in [0.4, 0.5) is 10.5 Å². The molecule has 0 saturated heterocycles. The number of hydroxylamine groups is 1. The van der Waals surface area contributed by atoms with Gasteiger partial charge in [0.15, 0.2) is 6.61 Å². The summed E-state index contributed by atoms with van der Waals surface area (Å²) in [5.41, 5.74) is 4.19. The highest BCUT2D eigenvalue weighted by Crippen LogP contribution is 2.28.